The second-order valence-corrected chi connectivity index (χ2v) is 5.99. The highest BCUT2D eigenvalue weighted by Crippen LogP contribution is 2.20. The number of aromatic nitrogens is 3. The van der Waals surface area contributed by atoms with Crippen molar-refractivity contribution >= 4 is 17.3 Å². The molecule has 0 saturated heterocycles. The lowest BCUT2D eigenvalue weighted by atomic mass is 10.3. The topological polar surface area (TPSA) is 88.4 Å². The first-order valence-corrected chi connectivity index (χ1v) is 8.18. The zero-order valence-electron chi connectivity index (χ0n) is 13.5. The van der Waals surface area contributed by atoms with Crippen LogP contribution in [0, 0.1) is 0 Å². The minimum Gasteiger partial charge on any atom is -0.348 e. The van der Waals surface area contributed by atoms with Gasteiger partial charge >= 0.3 is 0 Å². The number of imidazole rings is 1. The van der Waals surface area contributed by atoms with Gasteiger partial charge in [0.05, 0.1) is 17.8 Å². The molecular formula is C18H17N5O2. The molecule has 2 N–H and O–H groups in total. The summed E-state index contributed by atoms with van der Waals surface area (Å²) >= 11 is 0. The molecule has 1 aliphatic rings. The Labute approximate surface area is 144 Å². The molecule has 0 atom stereocenters. The van der Waals surface area contributed by atoms with Crippen LogP contribution < -0.4 is 10.6 Å². The highest BCUT2D eigenvalue weighted by atomic mass is 16.2. The van der Waals surface area contributed by atoms with Gasteiger partial charge in [0.25, 0.3) is 11.8 Å². The molecule has 0 bridgehead atoms. The van der Waals surface area contributed by atoms with Gasteiger partial charge in [-0.3, -0.25) is 19.0 Å². The van der Waals surface area contributed by atoms with E-state index in [1.165, 1.54) is 0 Å². The number of carbonyl (C=O) groups is 2. The lowest BCUT2D eigenvalue weighted by molar-refractivity contribution is 0.0939. The maximum atomic E-state index is 12.5. The Bertz CT molecular complexity index is 931. The summed E-state index contributed by atoms with van der Waals surface area (Å²) in [5, 5.41) is 5.71. The third kappa shape index (κ3) is 3.21. The van der Waals surface area contributed by atoms with Crippen LogP contribution in [0.3, 0.4) is 0 Å². The van der Waals surface area contributed by atoms with E-state index < -0.39 is 0 Å². The van der Waals surface area contributed by atoms with Crippen molar-refractivity contribution < 1.29 is 9.59 Å². The van der Waals surface area contributed by atoms with Gasteiger partial charge in [0.15, 0.2) is 5.69 Å². The highest BCUT2D eigenvalue weighted by Gasteiger charge is 2.27. The standard InChI is InChI=1S/C18H17N5O2/c24-17(21-12-7-8-12)15-14-6-2-4-10-23(14)16(22-15)18(25)20-11-13-5-1-3-9-19-13/h1-6,9-10,12H,7-8,11H2,(H,20,25)(H,21,24). The smallest absolute Gasteiger partial charge is 0.288 e. The second kappa shape index (κ2) is 6.35. The Morgan fingerprint density at radius 1 is 1.12 bits per heavy atom. The predicted octanol–water partition coefficient (Wildman–Crippen LogP) is 1.55. The van der Waals surface area contributed by atoms with Crippen LogP contribution in [0.2, 0.25) is 0 Å². The molecule has 2 amide bonds. The van der Waals surface area contributed by atoms with E-state index in [-0.39, 0.29) is 29.4 Å². The number of rotatable bonds is 5. The zero-order valence-corrected chi connectivity index (χ0v) is 13.5. The molecule has 3 aromatic heterocycles. The van der Waals surface area contributed by atoms with Gasteiger partial charge in [0.1, 0.15) is 0 Å². The van der Waals surface area contributed by atoms with Gasteiger partial charge in [0.2, 0.25) is 5.82 Å². The normalized spacial score (nSPS) is 13.6. The van der Waals surface area contributed by atoms with Gasteiger partial charge in [-0.2, -0.15) is 0 Å². The van der Waals surface area contributed by atoms with Gasteiger partial charge in [-0.25, -0.2) is 4.98 Å². The minimum absolute atomic E-state index is 0.187. The lowest BCUT2D eigenvalue weighted by Gasteiger charge is -2.03. The molecule has 0 spiro atoms. The van der Waals surface area contributed by atoms with E-state index in [2.05, 4.69) is 20.6 Å². The number of hydrogen-bond acceptors (Lipinski definition) is 4. The maximum Gasteiger partial charge on any atom is 0.288 e. The largest absolute Gasteiger partial charge is 0.348 e. The minimum atomic E-state index is -0.350. The fourth-order valence-electron chi connectivity index (χ4n) is 2.60. The average Bonchev–Trinajstić information content (AvgIpc) is 3.37. The third-order valence-corrected chi connectivity index (χ3v) is 4.04. The molecule has 0 radical (unpaired) electrons. The molecular weight excluding hydrogens is 318 g/mol. The first-order valence-electron chi connectivity index (χ1n) is 8.18. The van der Waals surface area contributed by atoms with Crippen LogP contribution in [0.5, 0.6) is 0 Å². The van der Waals surface area contributed by atoms with Crippen molar-refractivity contribution in [2.24, 2.45) is 0 Å². The molecule has 1 saturated carbocycles. The van der Waals surface area contributed by atoms with E-state index in [4.69, 9.17) is 0 Å². The van der Waals surface area contributed by atoms with Gasteiger partial charge < -0.3 is 10.6 Å². The van der Waals surface area contributed by atoms with Crippen molar-refractivity contribution in [3.05, 3.63) is 66.0 Å². The lowest BCUT2D eigenvalue weighted by Crippen LogP contribution is -2.27. The summed E-state index contributed by atoms with van der Waals surface area (Å²) in [6, 6.07) is 11.1. The number of nitrogens with one attached hydrogen (secondary N) is 2. The van der Waals surface area contributed by atoms with Crippen molar-refractivity contribution in [3.63, 3.8) is 0 Å². The molecule has 7 heteroatoms. The summed E-state index contributed by atoms with van der Waals surface area (Å²) < 4.78 is 1.63. The number of nitrogens with zero attached hydrogens (tertiary/aromatic N) is 3. The molecule has 7 nitrogen and oxygen atoms in total. The third-order valence-electron chi connectivity index (χ3n) is 4.04. The predicted molar refractivity (Wildman–Crippen MR) is 91.1 cm³/mol. The second-order valence-electron chi connectivity index (χ2n) is 5.99. The Morgan fingerprint density at radius 3 is 2.72 bits per heavy atom. The van der Waals surface area contributed by atoms with E-state index in [0.717, 1.165) is 18.5 Å². The quantitative estimate of drug-likeness (QED) is 0.740. The van der Waals surface area contributed by atoms with Crippen LogP contribution in [0.25, 0.3) is 5.52 Å². The summed E-state index contributed by atoms with van der Waals surface area (Å²) in [5.41, 5.74) is 1.64. The van der Waals surface area contributed by atoms with Crippen molar-refractivity contribution in [3.8, 4) is 0 Å². The SMILES string of the molecule is O=C(NC1CC1)c1nc(C(=O)NCc2ccccn2)n2ccccc12. The van der Waals surface area contributed by atoms with E-state index in [1.54, 1.807) is 28.9 Å². The molecule has 3 heterocycles. The Kier molecular flexibility index (Phi) is 3.89. The number of amides is 2. The van der Waals surface area contributed by atoms with Crippen LogP contribution >= 0.6 is 0 Å². The molecule has 3 aromatic rings. The van der Waals surface area contributed by atoms with E-state index >= 15 is 0 Å². The van der Waals surface area contributed by atoms with Gasteiger partial charge in [-0.1, -0.05) is 12.1 Å². The Hall–Kier alpha value is -3.22. The first kappa shape index (κ1) is 15.3. The van der Waals surface area contributed by atoms with E-state index in [0.29, 0.717) is 12.1 Å². The summed E-state index contributed by atoms with van der Waals surface area (Å²) in [6.45, 7) is 0.297. The van der Waals surface area contributed by atoms with Crippen LogP contribution in [-0.2, 0) is 6.54 Å². The Morgan fingerprint density at radius 2 is 1.96 bits per heavy atom. The Balaban J connectivity index is 1.60. The monoisotopic (exact) mass is 335 g/mol. The summed E-state index contributed by atoms with van der Waals surface area (Å²) in [5.74, 6) is -0.403. The van der Waals surface area contributed by atoms with Gasteiger partial charge in [0, 0.05) is 18.4 Å². The maximum absolute atomic E-state index is 12.5. The molecule has 126 valence electrons. The highest BCUT2D eigenvalue weighted by molar-refractivity contribution is 6.02. The fraction of sp³-hybridized carbons (Fsp3) is 0.222. The molecule has 0 aromatic carbocycles. The zero-order chi connectivity index (χ0) is 17.2. The molecule has 0 unspecified atom stereocenters. The van der Waals surface area contributed by atoms with Gasteiger partial charge in [-0.05, 0) is 37.1 Å². The number of pyridine rings is 2. The van der Waals surface area contributed by atoms with E-state index in [1.807, 2.05) is 24.3 Å². The average molecular weight is 335 g/mol. The summed E-state index contributed by atoms with van der Waals surface area (Å²) in [6.07, 6.45) is 5.39. The van der Waals surface area contributed by atoms with Crippen LogP contribution in [-0.4, -0.2) is 32.2 Å². The summed E-state index contributed by atoms with van der Waals surface area (Å²) in [7, 11) is 0. The first-order chi connectivity index (χ1) is 12.2. The molecule has 0 aliphatic heterocycles. The molecule has 1 fully saturated rings. The number of hydrogen-bond donors (Lipinski definition) is 2. The number of fused-ring (bicyclic) bond motifs is 1. The van der Waals surface area contributed by atoms with Crippen molar-refractivity contribution in [2.75, 3.05) is 0 Å². The molecule has 25 heavy (non-hydrogen) atoms. The van der Waals surface area contributed by atoms with Gasteiger partial charge in [-0.15, -0.1) is 0 Å². The molecule has 1 aliphatic carbocycles. The van der Waals surface area contributed by atoms with Crippen molar-refractivity contribution in [1.29, 1.82) is 0 Å². The van der Waals surface area contributed by atoms with E-state index in [9.17, 15) is 9.59 Å². The van der Waals surface area contributed by atoms with Crippen molar-refractivity contribution in [1.82, 2.24) is 25.0 Å². The molecule has 4 rings (SSSR count). The number of carbonyl (C=O) groups excluding carboxylic acids is 2. The van der Waals surface area contributed by atoms with Crippen LogP contribution in [0.4, 0.5) is 0 Å². The van der Waals surface area contributed by atoms with Crippen LogP contribution in [0.1, 0.15) is 39.6 Å². The van der Waals surface area contributed by atoms with Crippen molar-refractivity contribution in [2.45, 2.75) is 25.4 Å². The van der Waals surface area contributed by atoms with Crippen LogP contribution in [0.15, 0.2) is 48.8 Å². The fourth-order valence-corrected chi connectivity index (χ4v) is 2.60. The summed E-state index contributed by atoms with van der Waals surface area (Å²) in [4.78, 5) is 33.4.